The Hall–Kier alpha value is -0.800. The fourth-order valence-electron chi connectivity index (χ4n) is 1.42. The van der Waals surface area contributed by atoms with Gasteiger partial charge in [-0.2, -0.15) is 0 Å². The Bertz CT molecular complexity index is 323. The highest BCUT2D eigenvalue weighted by atomic mass is 35.5. The summed E-state index contributed by atoms with van der Waals surface area (Å²) in [6, 6.07) is 1.68. The van der Waals surface area contributed by atoms with Crippen molar-refractivity contribution < 1.29 is 0 Å². The Labute approximate surface area is 82.1 Å². The van der Waals surface area contributed by atoms with Crippen molar-refractivity contribution in [2.45, 2.75) is 18.9 Å². The van der Waals surface area contributed by atoms with Gasteiger partial charge in [-0.3, -0.25) is 4.98 Å². The van der Waals surface area contributed by atoms with E-state index in [2.05, 4.69) is 4.98 Å². The van der Waals surface area contributed by atoms with E-state index in [0.29, 0.717) is 16.6 Å². The molecular formula is C9H12ClN3. The number of aromatic nitrogens is 1. The third kappa shape index (κ3) is 1.76. The number of halogens is 1. The molecule has 0 bridgehead atoms. The Morgan fingerprint density at radius 3 is 2.77 bits per heavy atom. The molecular weight excluding hydrogens is 186 g/mol. The second kappa shape index (κ2) is 3.16. The van der Waals surface area contributed by atoms with Crippen LogP contribution in [0, 0.1) is 5.92 Å². The fourth-order valence-corrected chi connectivity index (χ4v) is 1.59. The van der Waals surface area contributed by atoms with Gasteiger partial charge in [-0.05, 0) is 24.8 Å². The van der Waals surface area contributed by atoms with Crippen molar-refractivity contribution in [3.8, 4) is 0 Å². The van der Waals surface area contributed by atoms with Gasteiger partial charge in [0.05, 0.1) is 22.4 Å². The third-order valence-electron chi connectivity index (χ3n) is 2.36. The molecule has 1 fully saturated rings. The Morgan fingerprint density at radius 2 is 2.23 bits per heavy atom. The van der Waals surface area contributed by atoms with Crippen molar-refractivity contribution in [2.75, 3.05) is 5.73 Å². The molecule has 0 spiro atoms. The molecule has 1 unspecified atom stereocenters. The smallest absolute Gasteiger partial charge is 0.0803 e. The summed E-state index contributed by atoms with van der Waals surface area (Å²) in [6.07, 6.45) is 3.96. The lowest BCUT2D eigenvalue weighted by Crippen LogP contribution is -2.16. The maximum Gasteiger partial charge on any atom is 0.0803 e. The van der Waals surface area contributed by atoms with Crippen LogP contribution in [-0.4, -0.2) is 4.98 Å². The minimum absolute atomic E-state index is 0.0164. The van der Waals surface area contributed by atoms with Gasteiger partial charge in [-0.1, -0.05) is 11.6 Å². The molecule has 1 atom stereocenters. The zero-order chi connectivity index (χ0) is 9.42. The van der Waals surface area contributed by atoms with Gasteiger partial charge in [-0.25, -0.2) is 0 Å². The molecule has 0 aromatic carbocycles. The first-order valence-electron chi connectivity index (χ1n) is 4.35. The highest BCUT2D eigenvalue weighted by molar-refractivity contribution is 6.30. The molecule has 0 aliphatic heterocycles. The van der Waals surface area contributed by atoms with E-state index in [-0.39, 0.29) is 6.04 Å². The summed E-state index contributed by atoms with van der Waals surface area (Å²) >= 11 is 5.73. The van der Waals surface area contributed by atoms with Gasteiger partial charge < -0.3 is 11.5 Å². The number of nitrogens with zero attached hydrogens (tertiary/aromatic N) is 1. The van der Waals surface area contributed by atoms with E-state index < -0.39 is 0 Å². The lowest BCUT2D eigenvalue weighted by atomic mass is 10.1. The zero-order valence-electron chi connectivity index (χ0n) is 7.20. The zero-order valence-corrected chi connectivity index (χ0v) is 7.96. The van der Waals surface area contributed by atoms with E-state index in [0.717, 1.165) is 5.69 Å². The van der Waals surface area contributed by atoms with Crippen LogP contribution in [0.25, 0.3) is 0 Å². The summed E-state index contributed by atoms with van der Waals surface area (Å²) in [7, 11) is 0. The molecule has 4 heteroatoms. The highest BCUT2D eigenvalue weighted by Gasteiger charge is 2.31. The first kappa shape index (κ1) is 8.78. The number of anilines is 1. The van der Waals surface area contributed by atoms with Gasteiger partial charge in [0.2, 0.25) is 0 Å². The van der Waals surface area contributed by atoms with Crippen LogP contribution in [0.3, 0.4) is 0 Å². The van der Waals surface area contributed by atoms with Crippen molar-refractivity contribution in [1.29, 1.82) is 0 Å². The predicted octanol–water partition coefficient (Wildman–Crippen LogP) is 1.73. The van der Waals surface area contributed by atoms with Gasteiger partial charge in [-0.15, -0.1) is 0 Å². The number of hydrogen-bond acceptors (Lipinski definition) is 3. The number of pyridine rings is 1. The molecule has 1 aliphatic rings. The van der Waals surface area contributed by atoms with Gasteiger partial charge in [0.1, 0.15) is 0 Å². The summed E-state index contributed by atoms with van der Waals surface area (Å²) in [6.45, 7) is 0. The van der Waals surface area contributed by atoms with Gasteiger partial charge >= 0.3 is 0 Å². The molecule has 3 nitrogen and oxygen atoms in total. The maximum atomic E-state index is 5.97. The quantitative estimate of drug-likeness (QED) is 0.759. The second-order valence-electron chi connectivity index (χ2n) is 3.49. The Morgan fingerprint density at radius 1 is 1.54 bits per heavy atom. The van der Waals surface area contributed by atoms with E-state index in [1.807, 2.05) is 0 Å². The van der Waals surface area contributed by atoms with Crippen LogP contribution < -0.4 is 11.5 Å². The summed E-state index contributed by atoms with van der Waals surface area (Å²) in [5, 5.41) is 0.559. The van der Waals surface area contributed by atoms with Crippen LogP contribution in [0.5, 0.6) is 0 Å². The second-order valence-corrected chi connectivity index (χ2v) is 3.93. The fraction of sp³-hybridized carbons (Fsp3) is 0.444. The minimum atomic E-state index is -0.0164. The molecule has 13 heavy (non-hydrogen) atoms. The van der Waals surface area contributed by atoms with Crippen LogP contribution in [0.2, 0.25) is 5.02 Å². The molecule has 0 amide bonds. The largest absolute Gasteiger partial charge is 0.397 e. The molecule has 4 N–H and O–H groups in total. The summed E-state index contributed by atoms with van der Waals surface area (Å²) in [5.41, 5.74) is 13.1. The van der Waals surface area contributed by atoms with Crippen molar-refractivity contribution in [2.24, 2.45) is 11.7 Å². The van der Waals surface area contributed by atoms with E-state index in [1.54, 1.807) is 12.3 Å². The number of nitrogen functional groups attached to an aromatic ring is 1. The standard InChI is InChI=1S/C9H12ClN3/c10-6-3-7(11)9(13-4-6)8(12)5-1-2-5/h3-5,8H,1-2,11-12H2. The Balaban J connectivity index is 2.28. The van der Waals surface area contributed by atoms with Crippen molar-refractivity contribution in [3.05, 3.63) is 23.0 Å². The SMILES string of the molecule is Nc1cc(Cl)cnc1C(N)C1CC1. The molecule has 1 saturated carbocycles. The normalized spacial score (nSPS) is 18.6. The van der Waals surface area contributed by atoms with Gasteiger partial charge in [0, 0.05) is 6.20 Å². The number of nitrogens with two attached hydrogens (primary N) is 2. The lowest BCUT2D eigenvalue weighted by Gasteiger charge is -2.11. The van der Waals surface area contributed by atoms with Crippen LogP contribution in [-0.2, 0) is 0 Å². The van der Waals surface area contributed by atoms with E-state index in [4.69, 9.17) is 23.1 Å². The minimum Gasteiger partial charge on any atom is -0.397 e. The van der Waals surface area contributed by atoms with Crippen LogP contribution in [0.15, 0.2) is 12.3 Å². The van der Waals surface area contributed by atoms with Crippen LogP contribution in [0.4, 0.5) is 5.69 Å². The number of rotatable bonds is 2. The summed E-state index contributed by atoms with van der Waals surface area (Å²) < 4.78 is 0. The van der Waals surface area contributed by atoms with Crippen LogP contribution in [0.1, 0.15) is 24.6 Å². The molecule has 1 aromatic rings. The van der Waals surface area contributed by atoms with Gasteiger partial charge in [0.15, 0.2) is 0 Å². The van der Waals surface area contributed by atoms with E-state index >= 15 is 0 Å². The molecule has 1 heterocycles. The van der Waals surface area contributed by atoms with Crippen molar-refractivity contribution >= 4 is 17.3 Å². The molecule has 2 rings (SSSR count). The first-order chi connectivity index (χ1) is 6.18. The van der Waals surface area contributed by atoms with Crippen molar-refractivity contribution in [1.82, 2.24) is 4.98 Å². The lowest BCUT2D eigenvalue weighted by molar-refractivity contribution is 0.617. The average molecular weight is 198 g/mol. The summed E-state index contributed by atoms with van der Waals surface area (Å²) in [4.78, 5) is 4.16. The summed E-state index contributed by atoms with van der Waals surface area (Å²) in [5.74, 6) is 0.566. The molecule has 0 saturated heterocycles. The molecule has 1 aromatic heterocycles. The van der Waals surface area contributed by atoms with E-state index in [1.165, 1.54) is 12.8 Å². The molecule has 0 radical (unpaired) electrons. The third-order valence-corrected chi connectivity index (χ3v) is 2.57. The molecule has 1 aliphatic carbocycles. The van der Waals surface area contributed by atoms with Crippen molar-refractivity contribution in [3.63, 3.8) is 0 Å². The average Bonchev–Trinajstić information content (AvgIpc) is 2.85. The first-order valence-corrected chi connectivity index (χ1v) is 4.73. The monoisotopic (exact) mass is 197 g/mol. The Kier molecular flexibility index (Phi) is 2.14. The molecule has 70 valence electrons. The highest BCUT2D eigenvalue weighted by Crippen LogP contribution is 2.40. The maximum absolute atomic E-state index is 5.97. The predicted molar refractivity (Wildman–Crippen MR) is 53.3 cm³/mol. The topological polar surface area (TPSA) is 64.9 Å². The van der Waals surface area contributed by atoms with Crippen LogP contribution >= 0.6 is 11.6 Å². The van der Waals surface area contributed by atoms with Gasteiger partial charge in [0.25, 0.3) is 0 Å². The van der Waals surface area contributed by atoms with E-state index in [9.17, 15) is 0 Å². The number of hydrogen-bond donors (Lipinski definition) is 2.